The number of nitrogens with one attached hydrogen (secondary N) is 1. The van der Waals surface area contributed by atoms with Gasteiger partial charge in [0.05, 0.1) is 21.2 Å². The third-order valence-electron chi connectivity index (χ3n) is 7.22. The summed E-state index contributed by atoms with van der Waals surface area (Å²) in [5.41, 5.74) is -0.958. The minimum atomic E-state index is -4.79. The highest BCUT2D eigenvalue weighted by Gasteiger charge is 2.36. The predicted octanol–water partition coefficient (Wildman–Crippen LogP) is 6.03. The summed E-state index contributed by atoms with van der Waals surface area (Å²) in [4.78, 5) is 28.2. The third-order valence-corrected chi connectivity index (χ3v) is 9.31. The highest BCUT2D eigenvalue weighted by molar-refractivity contribution is 7.92. The maximum atomic E-state index is 14.0. The molecule has 0 saturated heterocycles. The first-order valence-corrected chi connectivity index (χ1v) is 15.3. The number of sulfonamides is 1. The van der Waals surface area contributed by atoms with Crippen molar-refractivity contribution >= 4 is 39.1 Å². The van der Waals surface area contributed by atoms with E-state index in [2.05, 4.69) is 5.32 Å². The lowest BCUT2D eigenvalue weighted by atomic mass is 10.1. The summed E-state index contributed by atoms with van der Waals surface area (Å²) in [6, 6.07) is 17.1. The van der Waals surface area contributed by atoms with Gasteiger partial charge in [0.2, 0.25) is 11.8 Å². The van der Waals surface area contributed by atoms with E-state index < -0.39 is 51.9 Å². The second kappa shape index (κ2) is 13.2. The molecule has 0 heterocycles. The van der Waals surface area contributed by atoms with Crippen LogP contribution in [0.4, 0.5) is 18.9 Å². The van der Waals surface area contributed by atoms with E-state index in [1.165, 1.54) is 29.2 Å². The fourth-order valence-corrected chi connectivity index (χ4v) is 6.58. The van der Waals surface area contributed by atoms with Gasteiger partial charge in [-0.3, -0.25) is 13.9 Å². The van der Waals surface area contributed by atoms with Crippen molar-refractivity contribution in [1.82, 2.24) is 10.2 Å². The number of carbonyl (C=O) groups is 2. The summed E-state index contributed by atoms with van der Waals surface area (Å²) in [6.07, 6.45) is -1.19. The molecule has 0 radical (unpaired) electrons. The number of hydrogen-bond acceptors (Lipinski definition) is 4. The quantitative estimate of drug-likeness (QED) is 0.300. The number of halogens is 4. The number of amides is 2. The zero-order valence-corrected chi connectivity index (χ0v) is 24.4. The topological polar surface area (TPSA) is 86.8 Å². The summed E-state index contributed by atoms with van der Waals surface area (Å²) < 4.78 is 69.2. The first kappa shape index (κ1) is 31.4. The van der Waals surface area contributed by atoms with Gasteiger partial charge in [-0.05, 0) is 55.7 Å². The van der Waals surface area contributed by atoms with Crippen molar-refractivity contribution < 1.29 is 31.2 Å². The number of anilines is 1. The molecule has 1 atom stereocenters. The summed E-state index contributed by atoms with van der Waals surface area (Å²) in [6.45, 7) is 0.610. The van der Waals surface area contributed by atoms with Gasteiger partial charge in [-0.1, -0.05) is 73.0 Å². The highest BCUT2D eigenvalue weighted by atomic mass is 35.5. The van der Waals surface area contributed by atoms with Gasteiger partial charge in [-0.25, -0.2) is 8.42 Å². The van der Waals surface area contributed by atoms with Gasteiger partial charge < -0.3 is 10.2 Å². The number of benzene rings is 3. The number of nitrogens with zero attached hydrogens (tertiary/aromatic N) is 2. The molecule has 1 aliphatic rings. The van der Waals surface area contributed by atoms with E-state index in [0.29, 0.717) is 15.9 Å². The van der Waals surface area contributed by atoms with Crippen molar-refractivity contribution in [2.45, 2.75) is 62.3 Å². The van der Waals surface area contributed by atoms with Crippen LogP contribution in [0.2, 0.25) is 5.02 Å². The Kier molecular flexibility index (Phi) is 9.83. The van der Waals surface area contributed by atoms with Gasteiger partial charge in [0.15, 0.2) is 0 Å². The maximum absolute atomic E-state index is 14.0. The average Bonchev–Trinajstić information content (AvgIpc) is 3.48. The van der Waals surface area contributed by atoms with Gasteiger partial charge in [0, 0.05) is 12.6 Å². The lowest BCUT2D eigenvalue weighted by Gasteiger charge is -2.33. The maximum Gasteiger partial charge on any atom is 0.416 e. The van der Waals surface area contributed by atoms with E-state index in [9.17, 15) is 31.2 Å². The Balaban J connectivity index is 1.74. The Bertz CT molecular complexity index is 1500. The summed E-state index contributed by atoms with van der Waals surface area (Å²) in [7, 11) is -4.57. The number of carbonyl (C=O) groups excluding carboxylic acids is 2. The molecule has 224 valence electrons. The van der Waals surface area contributed by atoms with Crippen LogP contribution in [0.1, 0.15) is 43.7 Å². The molecule has 0 aromatic heterocycles. The van der Waals surface area contributed by atoms with Gasteiger partial charge in [0.1, 0.15) is 12.6 Å². The van der Waals surface area contributed by atoms with Crippen molar-refractivity contribution in [3.05, 3.63) is 95.0 Å². The van der Waals surface area contributed by atoms with Gasteiger partial charge in [0.25, 0.3) is 10.0 Å². The van der Waals surface area contributed by atoms with Crippen LogP contribution in [0.25, 0.3) is 0 Å². The molecular formula is C30H31ClF3N3O4S. The Morgan fingerprint density at radius 1 is 0.976 bits per heavy atom. The summed E-state index contributed by atoms with van der Waals surface area (Å²) in [5.74, 6) is -1.19. The Labute approximate surface area is 248 Å². The number of rotatable bonds is 10. The summed E-state index contributed by atoms with van der Waals surface area (Å²) in [5, 5.41) is 2.67. The molecule has 1 aliphatic carbocycles. The first-order valence-electron chi connectivity index (χ1n) is 13.5. The van der Waals surface area contributed by atoms with Crippen molar-refractivity contribution in [2.75, 3.05) is 10.8 Å². The molecule has 0 spiro atoms. The molecule has 4 rings (SSSR count). The monoisotopic (exact) mass is 621 g/mol. The van der Waals surface area contributed by atoms with Crippen LogP contribution in [-0.2, 0) is 32.3 Å². The third kappa shape index (κ3) is 7.43. The van der Waals surface area contributed by atoms with Crippen molar-refractivity contribution in [1.29, 1.82) is 0 Å². The van der Waals surface area contributed by atoms with E-state index in [-0.39, 0.29) is 22.5 Å². The average molecular weight is 622 g/mol. The second-order valence-electron chi connectivity index (χ2n) is 10.2. The molecule has 0 unspecified atom stereocenters. The second-order valence-corrected chi connectivity index (χ2v) is 12.4. The molecule has 1 N–H and O–H groups in total. The Hall–Kier alpha value is -3.57. The fourth-order valence-electron chi connectivity index (χ4n) is 4.87. The molecule has 0 aliphatic heterocycles. The van der Waals surface area contributed by atoms with Crippen LogP contribution >= 0.6 is 11.6 Å². The largest absolute Gasteiger partial charge is 0.416 e. The van der Waals surface area contributed by atoms with E-state index in [0.717, 1.165) is 37.8 Å². The first-order chi connectivity index (χ1) is 19.9. The summed E-state index contributed by atoms with van der Waals surface area (Å²) >= 11 is 6.27. The lowest BCUT2D eigenvalue weighted by molar-refractivity contribution is -0.139. The fraction of sp³-hybridized carbons (Fsp3) is 0.333. The van der Waals surface area contributed by atoms with Gasteiger partial charge in [-0.2, -0.15) is 13.2 Å². The van der Waals surface area contributed by atoms with E-state index in [1.54, 1.807) is 43.3 Å². The predicted molar refractivity (Wildman–Crippen MR) is 154 cm³/mol. The molecule has 7 nitrogen and oxygen atoms in total. The van der Waals surface area contributed by atoms with Gasteiger partial charge in [-0.15, -0.1) is 0 Å². The van der Waals surface area contributed by atoms with Crippen LogP contribution in [0, 0.1) is 0 Å². The van der Waals surface area contributed by atoms with Crippen molar-refractivity contribution in [2.24, 2.45) is 0 Å². The standard InChI is InChI=1S/C30H31ClF3N3O4S/c1-21(29(39)35-24-12-8-9-13-24)36(19-22-10-4-2-5-11-22)28(38)20-37(42(40,41)25-14-6-3-7-15-25)27-18-23(30(32,33)34)16-17-26(27)31/h2-7,10-11,14-18,21,24H,8-9,12-13,19-20H2,1H3,(H,35,39)/t21-/m0/s1. The molecule has 3 aromatic rings. The number of hydrogen-bond donors (Lipinski definition) is 1. The molecule has 1 fully saturated rings. The lowest BCUT2D eigenvalue weighted by Crippen LogP contribution is -2.52. The SMILES string of the molecule is C[C@@H](C(=O)NC1CCCC1)N(Cc1ccccc1)C(=O)CN(c1cc(C(F)(F)F)ccc1Cl)S(=O)(=O)c1ccccc1. The molecule has 1 saturated carbocycles. The van der Waals surface area contributed by atoms with Crippen LogP contribution in [0.15, 0.2) is 83.8 Å². The molecule has 0 bridgehead atoms. The normalized spacial score (nSPS) is 14.8. The minimum Gasteiger partial charge on any atom is -0.352 e. The Morgan fingerprint density at radius 2 is 1.57 bits per heavy atom. The molecule has 3 aromatic carbocycles. The zero-order valence-electron chi connectivity index (χ0n) is 22.9. The van der Waals surface area contributed by atoms with Crippen LogP contribution < -0.4 is 9.62 Å². The minimum absolute atomic E-state index is 0.0208. The number of alkyl halides is 3. The molecular weight excluding hydrogens is 591 g/mol. The Morgan fingerprint density at radius 3 is 2.17 bits per heavy atom. The van der Waals surface area contributed by atoms with Crippen LogP contribution in [0.3, 0.4) is 0 Å². The van der Waals surface area contributed by atoms with Crippen LogP contribution in [-0.4, -0.2) is 43.8 Å². The van der Waals surface area contributed by atoms with E-state index in [4.69, 9.17) is 11.6 Å². The van der Waals surface area contributed by atoms with E-state index >= 15 is 0 Å². The molecule has 2 amide bonds. The van der Waals surface area contributed by atoms with Crippen LogP contribution in [0.5, 0.6) is 0 Å². The smallest absolute Gasteiger partial charge is 0.352 e. The molecule has 42 heavy (non-hydrogen) atoms. The van der Waals surface area contributed by atoms with Crippen molar-refractivity contribution in [3.8, 4) is 0 Å². The zero-order chi connectivity index (χ0) is 30.5. The van der Waals surface area contributed by atoms with Gasteiger partial charge >= 0.3 is 6.18 Å². The van der Waals surface area contributed by atoms with E-state index in [1.807, 2.05) is 0 Å². The highest BCUT2D eigenvalue weighted by Crippen LogP contribution is 2.37. The van der Waals surface area contributed by atoms with Crippen molar-refractivity contribution in [3.63, 3.8) is 0 Å². The molecule has 12 heteroatoms.